The van der Waals surface area contributed by atoms with Gasteiger partial charge in [-0.3, -0.25) is 14.5 Å². The number of hydrogen-bond donors (Lipinski definition) is 1. The molecular weight excluding hydrogens is 333 g/mol. The number of rotatable bonds is 5. The van der Waals surface area contributed by atoms with Gasteiger partial charge in [0.1, 0.15) is 5.82 Å². The minimum atomic E-state index is -0.418. The van der Waals surface area contributed by atoms with Gasteiger partial charge in [0, 0.05) is 32.1 Å². The molecule has 1 aromatic carbocycles. The van der Waals surface area contributed by atoms with Crippen LogP contribution < -0.4 is 10.2 Å². The van der Waals surface area contributed by atoms with Crippen LogP contribution in [0.2, 0.25) is 0 Å². The summed E-state index contributed by atoms with van der Waals surface area (Å²) in [5, 5.41) is 2.96. The number of carbonyl (C=O) groups excluding carboxylic acids is 2. The summed E-state index contributed by atoms with van der Waals surface area (Å²) < 4.78 is 14.1. The summed E-state index contributed by atoms with van der Waals surface area (Å²) in [4.78, 5) is 28.5. The Morgan fingerprint density at radius 3 is 2.88 bits per heavy atom. The van der Waals surface area contributed by atoms with E-state index in [1.165, 1.54) is 30.2 Å². The molecule has 2 amide bonds. The van der Waals surface area contributed by atoms with Gasteiger partial charge in [-0.1, -0.05) is 12.5 Å². The second-order valence-electron chi connectivity index (χ2n) is 7.53. The Labute approximate surface area is 154 Å². The second kappa shape index (κ2) is 8.16. The van der Waals surface area contributed by atoms with E-state index in [2.05, 4.69) is 17.1 Å². The number of hydrogen-bond acceptors (Lipinski definition) is 3. The van der Waals surface area contributed by atoms with Gasteiger partial charge in [-0.2, -0.15) is 0 Å². The van der Waals surface area contributed by atoms with Gasteiger partial charge < -0.3 is 10.2 Å². The maximum Gasteiger partial charge on any atom is 0.227 e. The highest BCUT2D eigenvalue weighted by Gasteiger charge is 2.36. The van der Waals surface area contributed by atoms with Gasteiger partial charge in [-0.05, 0) is 50.9 Å². The average molecular weight is 361 g/mol. The fourth-order valence-corrected chi connectivity index (χ4v) is 3.90. The van der Waals surface area contributed by atoms with Crippen LogP contribution in [0.4, 0.5) is 10.1 Å². The molecule has 2 fully saturated rings. The Morgan fingerprint density at radius 1 is 1.35 bits per heavy atom. The Balaban J connectivity index is 1.52. The number of benzene rings is 1. The van der Waals surface area contributed by atoms with Crippen LogP contribution in [0.5, 0.6) is 0 Å². The molecule has 0 spiro atoms. The smallest absolute Gasteiger partial charge is 0.227 e. The maximum absolute atomic E-state index is 14.1. The van der Waals surface area contributed by atoms with Gasteiger partial charge in [0.2, 0.25) is 11.8 Å². The fourth-order valence-electron chi connectivity index (χ4n) is 3.90. The summed E-state index contributed by atoms with van der Waals surface area (Å²) in [5.74, 6) is -1.14. The lowest BCUT2D eigenvalue weighted by atomic mass is 10.0. The number of likely N-dealkylation sites (tertiary alicyclic amines) is 1. The van der Waals surface area contributed by atoms with Gasteiger partial charge in [-0.15, -0.1) is 0 Å². The fraction of sp³-hybridized carbons (Fsp3) is 0.600. The molecule has 2 aliphatic heterocycles. The molecule has 2 atom stereocenters. The number of nitrogens with zero attached hydrogens (tertiary/aromatic N) is 2. The first-order valence-corrected chi connectivity index (χ1v) is 9.54. The van der Waals surface area contributed by atoms with E-state index < -0.39 is 11.7 Å². The summed E-state index contributed by atoms with van der Waals surface area (Å²) in [7, 11) is 0. The number of carbonyl (C=O) groups is 2. The predicted octanol–water partition coefficient (Wildman–Crippen LogP) is 2.48. The molecule has 0 saturated carbocycles. The molecule has 5 nitrogen and oxygen atoms in total. The van der Waals surface area contributed by atoms with Crippen LogP contribution in [0, 0.1) is 18.7 Å². The van der Waals surface area contributed by atoms with Gasteiger partial charge in [0.25, 0.3) is 0 Å². The maximum atomic E-state index is 14.1. The van der Waals surface area contributed by atoms with Gasteiger partial charge in [-0.25, -0.2) is 4.39 Å². The van der Waals surface area contributed by atoms with Gasteiger partial charge >= 0.3 is 0 Å². The quantitative estimate of drug-likeness (QED) is 0.877. The molecule has 1 N–H and O–H groups in total. The van der Waals surface area contributed by atoms with Crippen molar-refractivity contribution in [2.24, 2.45) is 5.92 Å². The van der Waals surface area contributed by atoms with Crippen molar-refractivity contribution in [1.82, 2.24) is 10.2 Å². The third kappa shape index (κ3) is 4.23. The molecule has 26 heavy (non-hydrogen) atoms. The van der Waals surface area contributed by atoms with Crippen LogP contribution in [0.1, 0.15) is 38.2 Å². The van der Waals surface area contributed by atoms with Crippen molar-refractivity contribution < 1.29 is 14.0 Å². The van der Waals surface area contributed by atoms with Crippen molar-refractivity contribution in [1.29, 1.82) is 0 Å². The standard InChI is InChI=1S/C20H28FN3O2/c1-14-6-7-18(17(21)11-14)24-13-16(12-19(24)25)20(26)22-8-10-23-9-4-3-5-15(23)2/h6-7,11,15-16H,3-5,8-10,12-13H2,1-2H3,(H,22,26). The van der Waals surface area contributed by atoms with E-state index in [1.807, 2.05) is 0 Å². The molecule has 142 valence electrons. The summed E-state index contributed by atoms with van der Waals surface area (Å²) in [6, 6.07) is 5.36. The van der Waals surface area contributed by atoms with E-state index in [4.69, 9.17) is 0 Å². The zero-order chi connectivity index (χ0) is 18.7. The molecule has 0 aliphatic carbocycles. The van der Waals surface area contributed by atoms with E-state index in [9.17, 15) is 14.0 Å². The van der Waals surface area contributed by atoms with Gasteiger partial charge in [0.15, 0.2) is 0 Å². The summed E-state index contributed by atoms with van der Waals surface area (Å²) in [5.41, 5.74) is 1.07. The molecule has 1 aromatic rings. The molecule has 6 heteroatoms. The average Bonchev–Trinajstić information content (AvgIpc) is 2.98. The monoisotopic (exact) mass is 361 g/mol. The number of nitrogens with one attached hydrogen (secondary N) is 1. The zero-order valence-corrected chi connectivity index (χ0v) is 15.6. The van der Waals surface area contributed by atoms with E-state index in [0.717, 1.165) is 18.7 Å². The van der Waals surface area contributed by atoms with E-state index in [0.29, 0.717) is 12.6 Å². The lowest BCUT2D eigenvalue weighted by Gasteiger charge is -2.33. The Morgan fingerprint density at radius 2 is 2.15 bits per heavy atom. The number of halogens is 1. The van der Waals surface area contributed by atoms with Crippen molar-refractivity contribution in [2.75, 3.05) is 31.1 Å². The first-order valence-electron chi connectivity index (χ1n) is 9.54. The predicted molar refractivity (Wildman–Crippen MR) is 99.5 cm³/mol. The van der Waals surface area contributed by atoms with Crippen LogP contribution >= 0.6 is 0 Å². The topological polar surface area (TPSA) is 52.7 Å². The highest BCUT2D eigenvalue weighted by molar-refractivity contribution is 6.00. The Hall–Kier alpha value is -1.95. The van der Waals surface area contributed by atoms with Crippen LogP contribution in [0.25, 0.3) is 0 Å². The Kier molecular flexibility index (Phi) is 5.91. The van der Waals surface area contributed by atoms with Crippen LogP contribution in [-0.2, 0) is 9.59 Å². The Bertz CT molecular complexity index is 679. The van der Waals surface area contributed by atoms with E-state index in [-0.39, 0.29) is 30.5 Å². The summed E-state index contributed by atoms with van der Waals surface area (Å²) >= 11 is 0. The molecule has 0 bridgehead atoms. The zero-order valence-electron chi connectivity index (χ0n) is 15.6. The van der Waals surface area contributed by atoms with Crippen LogP contribution in [-0.4, -0.2) is 48.9 Å². The highest BCUT2D eigenvalue weighted by atomic mass is 19.1. The van der Waals surface area contributed by atoms with Crippen molar-refractivity contribution in [3.8, 4) is 0 Å². The highest BCUT2D eigenvalue weighted by Crippen LogP contribution is 2.28. The molecule has 3 rings (SSSR count). The number of aryl methyl sites for hydroxylation is 1. The minimum Gasteiger partial charge on any atom is -0.355 e. The first kappa shape index (κ1) is 18.8. The number of piperidine rings is 1. The van der Waals surface area contributed by atoms with Crippen LogP contribution in [0.3, 0.4) is 0 Å². The molecule has 2 heterocycles. The third-order valence-electron chi connectivity index (χ3n) is 5.53. The minimum absolute atomic E-state index is 0.113. The number of amides is 2. The lowest BCUT2D eigenvalue weighted by Crippen LogP contribution is -2.43. The molecule has 0 aromatic heterocycles. The summed E-state index contributed by atoms with van der Waals surface area (Å²) in [6.45, 7) is 6.78. The molecule has 0 radical (unpaired) electrons. The third-order valence-corrected chi connectivity index (χ3v) is 5.53. The normalized spacial score (nSPS) is 24.1. The number of anilines is 1. The molecule has 2 unspecified atom stereocenters. The SMILES string of the molecule is Cc1ccc(N2CC(C(=O)NCCN3CCCCC3C)CC2=O)c(F)c1. The van der Waals surface area contributed by atoms with Crippen molar-refractivity contribution in [3.63, 3.8) is 0 Å². The van der Waals surface area contributed by atoms with E-state index in [1.54, 1.807) is 19.1 Å². The van der Waals surface area contributed by atoms with Crippen molar-refractivity contribution in [3.05, 3.63) is 29.6 Å². The second-order valence-corrected chi connectivity index (χ2v) is 7.53. The summed E-state index contributed by atoms with van der Waals surface area (Å²) in [6.07, 6.45) is 3.84. The van der Waals surface area contributed by atoms with Gasteiger partial charge in [0.05, 0.1) is 11.6 Å². The van der Waals surface area contributed by atoms with Crippen molar-refractivity contribution >= 4 is 17.5 Å². The molecule has 2 aliphatic rings. The van der Waals surface area contributed by atoms with E-state index >= 15 is 0 Å². The first-order chi connectivity index (χ1) is 12.5. The van der Waals surface area contributed by atoms with Crippen LogP contribution in [0.15, 0.2) is 18.2 Å². The molecule has 2 saturated heterocycles. The largest absolute Gasteiger partial charge is 0.355 e. The lowest BCUT2D eigenvalue weighted by molar-refractivity contribution is -0.126. The van der Waals surface area contributed by atoms with Crippen molar-refractivity contribution in [2.45, 2.75) is 45.6 Å². The molecular formula is C20H28FN3O2.